The number of aryl methyl sites for hydroxylation is 2. The average Bonchev–Trinajstić information content (AvgIpc) is 2.92. The van der Waals surface area contributed by atoms with E-state index in [1.54, 1.807) is 19.1 Å². The van der Waals surface area contributed by atoms with E-state index in [0.29, 0.717) is 36.2 Å². The molecule has 1 amide bonds. The number of amides is 1. The molecule has 0 spiro atoms. The van der Waals surface area contributed by atoms with Gasteiger partial charge in [0, 0.05) is 49.1 Å². The largest absolute Gasteiger partial charge is 0.508 e. The number of carbonyl (C=O) groups excluding carboxylic acids is 1. The van der Waals surface area contributed by atoms with Gasteiger partial charge in [-0.15, -0.1) is 0 Å². The Morgan fingerprint density at radius 3 is 2.05 bits per heavy atom. The van der Waals surface area contributed by atoms with Gasteiger partial charge in [-0.2, -0.15) is 0 Å². The lowest BCUT2D eigenvalue weighted by Crippen LogP contribution is -2.50. The molecule has 0 unspecified atom stereocenters. The van der Waals surface area contributed by atoms with Crippen LogP contribution in [0.4, 0.5) is 0 Å². The second-order valence-corrected chi connectivity index (χ2v) is 9.72. The fourth-order valence-corrected chi connectivity index (χ4v) is 5.37. The number of nitrogens with zero attached hydrogens (tertiary/aromatic N) is 2. The molecule has 0 bridgehead atoms. The third-order valence-corrected chi connectivity index (χ3v) is 7.53. The van der Waals surface area contributed by atoms with Gasteiger partial charge in [0.15, 0.2) is 0 Å². The third-order valence-electron chi connectivity index (χ3n) is 7.53. The normalized spacial score (nSPS) is 14.4. The van der Waals surface area contributed by atoms with Crippen molar-refractivity contribution in [2.45, 2.75) is 32.7 Å². The van der Waals surface area contributed by atoms with Crippen molar-refractivity contribution in [3.8, 4) is 5.75 Å². The lowest BCUT2D eigenvalue weighted by molar-refractivity contribution is -0.133. The van der Waals surface area contributed by atoms with Gasteiger partial charge >= 0.3 is 5.63 Å². The van der Waals surface area contributed by atoms with Gasteiger partial charge in [-0.1, -0.05) is 60.7 Å². The van der Waals surface area contributed by atoms with E-state index in [4.69, 9.17) is 4.42 Å². The zero-order valence-corrected chi connectivity index (χ0v) is 21.3. The van der Waals surface area contributed by atoms with Gasteiger partial charge in [0.2, 0.25) is 5.91 Å². The maximum atomic E-state index is 13.1. The van der Waals surface area contributed by atoms with Crippen molar-refractivity contribution in [3.05, 3.63) is 111 Å². The predicted molar refractivity (Wildman–Crippen MR) is 145 cm³/mol. The van der Waals surface area contributed by atoms with Crippen molar-refractivity contribution in [1.29, 1.82) is 0 Å². The highest BCUT2D eigenvalue weighted by Crippen LogP contribution is 2.30. The molecule has 6 nitrogen and oxygen atoms in total. The van der Waals surface area contributed by atoms with E-state index in [-0.39, 0.29) is 24.1 Å². The van der Waals surface area contributed by atoms with Gasteiger partial charge in [0.25, 0.3) is 0 Å². The van der Waals surface area contributed by atoms with Crippen LogP contribution in [0.2, 0.25) is 0 Å². The molecular weight excluding hydrogens is 464 g/mol. The van der Waals surface area contributed by atoms with Crippen LogP contribution >= 0.6 is 0 Å². The third kappa shape index (κ3) is 5.02. The standard InChI is InChI=1S/C31H32N2O4/c1-21-25-13-15-27(34)22(2)30(25)37-31(36)26(21)14-16-28(35)32-17-19-33(20-18-32)29(23-9-5-3-6-10-23)24-11-7-4-8-12-24/h3-13,15,29,34H,14,16-20H2,1-2H3. The minimum Gasteiger partial charge on any atom is -0.508 e. The Labute approximate surface area is 216 Å². The number of phenols is 1. The first-order valence-corrected chi connectivity index (χ1v) is 12.8. The molecule has 1 saturated heterocycles. The summed E-state index contributed by atoms with van der Waals surface area (Å²) in [7, 11) is 0. The second kappa shape index (κ2) is 10.6. The number of benzene rings is 3. The first-order valence-electron chi connectivity index (χ1n) is 12.8. The lowest BCUT2D eigenvalue weighted by Gasteiger charge is -2.40. The number of fused-ring (bicyclic) bond motifs is 1. The molecular formula is C31H32N2O4. The summed E-state index contributed by atoms with van der Waals surface area (Å²) in [5, 5.41) is 10.7. The smallest absolute Gasteiger partial charge is 0.339 e. The molecule has 5 rings (SSSR count). The van der Waals surface area contributed by atoms with Crippen molar-refractivity contribution < 1.29 is 14.3 Å². The van der Waals surface area contributed by atoms with E-state index in [2.05, 4.69) is 53.4 Å². The number of carbonyl (C=O) groups is 1. The summed E-state index contributed by atoms with van der Waals surface area (Å²) < 4.78 is 5.54. The Hall–Kier alpha value is -3.90. The molecule has 0 saturated carbocycles. The van der Waals surface area contributed by atoms with Crippen LogP contribution in [0.1, 0.15) is 40.3 Å². The number of hydrogen-bond acceptors (Lipinski definition) is 5. The second-order valence-electron chi connectivity index (χ2n) is 9.72. The molecule has 1 aliphatic heterocycles. The molecule has 4 aromatic rings. The van der Waals surface area contributed by atoms with E-state index < -0.39 is 5.63 Å². The SMILES string of the molecule is Cc1c(CCC(=O)N2CCN(C(c3ccccc3)c3ccccc3)CC2)c(=O)oc2c(C)c(O)ccc12. The zero-order chi connectivity index (χ0) is 25.9. The van der Waals surface area contributed by atoms with Gasteiger partial charge < -0.3 is 14.4 Å². The summed E-state index contributed by atoms with van der Waals surface area (Å²) in [6.45, 7) is 6.46. The van der Waals surface area contributed by atoms with Crippen LogP contribution in [0.5, 0.6) is 5.75 Å². The molecule has 2 heterocycles. The summed E-state index contributed by atoms with van der Waals surface area (Å²) >= 11 is 0. The number of rotatable bonds is 6. The zero-order valence-electron chi connectivity index (χ0n) is 21.3. The summed E-state index contributed by atoms with van der Waals surface area (Å²) in [4.78, 5) is 30.2. The Morgan fingerprint density at radius 2 is 1.46 bits per heavy atom. The Balaban J connectivity index is 1.26. The quantitative estimate of drug-likeness (QED) is 0.381. The van der Waals surface area contributed by atoms with Crippen molar-refractivity contribution in [3.63, 3.8) is 0 Å². The summed E-state index contributed by atoms with van der Waals surface area (Å²) in [5.41, 5.74) is 4.33. The molecule has 1 N–H and O–H groups in total. The molecule has 0 atom stereocenters. The number of piperazine rings is 1. The van der Waals surface area contributed by atoms with Crippen LogP contribution in [0, 0.1) is 13.8 Å². The van der Waals surface area contributed by atoms with Gasteiger partial charge in [-0.3, -0.25) is 9.69 Å². The van der Waals surface area contributed by atoms with E-state index in [9.17, 15) is 14.7 Å². The molecule has 190 valence electrons. The maximum Gasteiger partial charge on any atom is 0.339 e. The van der Waals surface area contributed by atoms with Crippen molar-refractivity contribution >= 4 is 16.9 Å². The van der Waals surface area contributed by atoms with Gasteiger partial charge in [0.05, 0.1) is 6.04 Å². The molecule has 1 fully saturated rings. The molecule has 0 radical (unpaired) electrons. The van der Waals surface area contributed by atoms with Crippen LogP contribution in [-0.4, -0.2) is 47.0 Å². The Morgan fingerprint density at radius 1 is 0.865 bits per heavy atom. The highest BCUT2D eigenvalue weighted by atomic mass is 16.4. The molecule has 6 heteroatoms. The molecule has 0 aliphatic carbocycles. The monoisotopic (exact) mass is 496 g/mol. The first kappa shape index (κ1) is 24.8. The molecule has 3 aromatic carbocycles. The van der Waals surface area contributed by atoms with Gasteiger partial charge in [-0.25, -0.2) is 4.79 Å². The van der Waals surface area contributed by atoms with Crippen LogP contribution in [0.25, 0.3) is 11.0 Å². The number of hydrogen-bond donors (Lipinski definition) is 1. The average molecular weight is 497 g/mol. The minimum absolute atomic E-state index is 0.0522. The number of phenolic OH excluding ortho intramolecular Hbond substituents is 1. The van der Waals surface area contributed by atoms with Crippen LogP contribution in [0.3, 0.4) is 0 Å². The summed E-state index contributed by atoms with van der Waals surface area (Å²) in [6.07, 6.45) is 0.592. The topological polar surface area (TPSA) is 74.0 Å². The molecule has 1 aliphatic rings. The van der Waals surface area contributed by atoms with E-state index >= 15 is 0 Å². The Bertz CT molecular complexity index is 1420. The first-order chi connectivity index (χ1) is 17.9. The summed E-state index contributed by atoms with van der Waals surface area (Å²) in [6, 6.07) is 24.5. The lowest BCUT2D eigenvalue weighted by atomic mass is 9.96. The highest BCUT2D eigenvalue weighted by Gasteiger charge is 2.28. The van der Waals surface area contributed by atoms with Crippen LogP contribution < -0.4 is 5.63 Å². The van der Waals surface area contributed by atoms with Crippen molar-refractivity contribution in [2.75, 3.05) is 26.2 Å². The molecule has 1 aromatic heterocycles. The fourth-order valence-electron chi connectivity index (χ4n) is 5.37. The van der Waals surface area contributed by atoms with Crippen LogP contribution in [-0.2, 0) is 11.2 Å². The predicted octanol–water partition coefficient (Wildman–Crippen LogP) is 4.98. The van der Waals surface area contributed by atoms with Crippen molar-refractivity contribution in [2.24, 2.45) is 0 Å². The van der Waals surface area contributed by atoms with Gasteiger partial charge in [-0.05, 0) is 49.1 Å². The maximum absolute atomic E-state index is 13.1. The minimum atomic E-state index is -0.440. The van der Waals surface area contributed by atoms with Gasteiger partial charge in [0.1, 0.15) is 11.3 Å². The van der Waals surface area contributed by atoms with Crippen LogP contribution in [0.15, 0.2) is 82.0 Å². The number of aromatic hydroxyl groups is 1. The van der Waals surface area contributed by atoms with E-state index in [0.717, 1.165) is 24.0 Å². The highest BCUT2D eigenvalue weighted by molar-refractivity contribution is 5.85. The van der Waals surface area contributed by atoms with E-state index in [1.807, 2.05) is 24.0 Å². The van der Waals surface area contributed by atoms with E-state index in [1.165, 1.54) is 11.1 Å². The summed E-state index contributed by atoms with van der Waals surface area (Å²) in [5.74, 6) is 0.148. The van der Waals surface area contributed by atoms with Crippen molar-refractivity contribution in [1.82, 2.24) is 9.80 Å². The fraction of sp³-hybridized carbons (Fsp3) is 0.290. The molecule has 37 heavy (non-hydrogen) atoms. The Kier molecular flexibility index (Phi) is 7.10.